The molecule has 0 radical (unpaired) electrons. The van der Waals surface area contributed by atoms with Gasteiger partial charge in [-0.05, 0) is 119 Å². The predicted molar refractivity (Wildman–Crippen MR) is 209 cm³/mol. The number of hydrogen-bond acceptors (Lipinski definition) is 7. The van der Waals surface area contributed by atoms with Crippen molar-refractivity contribution in [3.63, 3.8) is 0 Å². The molecule has 0 fully saturated rings. The van der Waals surface area contributed by atoms with Crippen molar-refractivity contribution in [3.8, 4) is 44.5 Å². The van der Waals surface area contributed by atoms with Gasteiger partial charge in [0.1, 0.15) is 0 Å². The minimum Gasteiger partial charge on any atom is -0.399 e. The van der Waals surface area contributed by atoms with Gasteiger partial charge in [-0.3, -0.25) is 9.97 Å². The molecule has 8 heteroatoms. The summed E-state index contributed by atoms with van der Waals surface area (Å²) >= 11 is 1.72. The lowest BCUT2D eigenvalue weighted by Gasteiger charge is -2.07. The van der Waals surface area contributed by atoms with Crippen LogP contribution in [0.25, 0.3) is 89.2 Å². The summed E-state index contributed by atoms with van der Waals surface area (Å²) < 4.78 is 2.17. The molecule has 0 spiro atoms. The predicted octanol–water partition coefficient (Wildman–Crippen LogP) is 10.0. The van der Waals surface area contributed by atoms with Gasteiger partial charge in [-0.15, -0.1) is 11.3 Å². The Labute approximate surface area is 292 Å². The fourth-order valence-electron chi connectivity index (χ4n) is 6.63. The van der Waals surface area contributed by atoms with Crippen molar-refractivity contribution in [2.24, 2.45) is 0 Å². The van der Waals surface area contributed by atoms with Crippen molar-refractivity contribution in [1.82, 2.24) is 24.9 Å². The molecule has 9 rings (SSSR count). The Morgan fingerprint density at radius 2 is 0.760 bits per heavy atom. The monoisotopic (exact) mass is 663 g/mol. The summed E-state index contributed by atoms with van der Waals surface area (Å²) in [7, 11) is 0. The van der Waals surface area contributed by atoms with Crippen LogP contribution in [0.4, 0.5) is 11.4 Å². The highest BCUT2D eigenvalue weighted by molar-refractivity contribution is 7.24. The minimum absolute atomic E-state index is 0.702. The molecule has 2 aliphatic heterocycles. The molecule has 0 saturated heterocycles. The molecule has 0 aliphatic carbocycles. The number of fused-ring (bicyclic) bond motifs is 8. The third-order valence-corrected chi connectivity index (χ3v) is 10.1. The fraction of sp³-hybridized carbons (Fsp3) is 0. The number of aromatic amines is 1. The minimum atomic E-state index is 0.702. The molecule has 0 saturated carbocycles. The average molecular weight is 664 g/mol. The average Bonchev–Trinajstić information content (AvgIpc) is 3.98. The van der Waals surface area contributed by atoms with Gasteiger partial charge in [-0.1, -0.05) is 24.3 Å². The number of nitrogen functional groups attached to an aromatic ring is 2. The quantitative estimate of drug-likeness (QED) is 0.161. The van der Waals surface area contributed by atoms with Crippen LogP contribution in [0.2, 0.25) is 0 Å². The molecule has 50 heavy (non-hydrogen) atoms. The number of nitrogens with zero attached hydrogens (tertiary/aromatic N) is 4. The van der Waals surface area contributed by atoms with Gasteiger partial charge >= 0.3 is 0 Å². The first kappa shape index (κ1) is 29.5. The number of nitrogens with two attached hydrogens (primary N) is 2. The molecule has 7 heterocycles. The van der Waals surface area contributed by atoms with E-state index in [2.05, 4.69) is 75.7 Å². The SMILES string of the molecule is Nc1ccc(-c2c3nc(c(-c4ccc(N)cc4)c4ccc(s4)c(-c4ccncc4)c4nc(c(-c5ccncc5)c5ccc2[nH]5)C=C4)C=C3)cc1. The molecule has 5 N–H and O–H groups in total. The first-order chi connectivity index (χ1) is 24.6. The van der Waals surface area contributed by atoms with E-state index in [9.17, 15) is 0 Å². The van der Waals surface area contributed by atoms with E-state index in [0.29, 0.717) is 11.4 Å². The van der Waals surface area contributed by atoms with Crippen LogP contribution >= 0.6 is 11.3 Å². The number of anilines is 2. The van der Waals surface area contributed by atoms with Crippen LogP contribution in [0.1, 0.15) is 22.8 Å². The fourth-order valence-corrected chi connectivity index (χ4v) is 7.78. The lowest BCUT2D eigenvalue weighted by Crippen LogP contribution is -1.89. The van der Waals surface area contributed by atoms with Gasteiger partial charge in [0.2, 0.25) is 0 Å². The Hall–Kier alpha value is -6.64. The highest BCUT2D eigenvalue weighted by Crippen LogP contribution is 2.41. The third kappa shape index (κ3) is 5.24. The number of hydrogen-bond donors (Lipinski definition) is 3. The number of thiophene rings is 1. The number of nitrogens with one attached hydrogen (secondary N) is 1. The van der Waals surface area contributed by atoms with Crippen LogP contribution in [0, 0.1) is 0 Å². The van der Waals surface area contributed by atoms with Gasteiger partial charge in [-0.2, -0.15) is 0 Å². The van der Waals surface area contributed by atoms with Crippen molar-refractivity contribution >= 4 is 67.4 Å². The van der Waals surface area contributed by atoms with E-state index in [1.807, 2.05) is 85.5 Å². The lowest BCUT2D eigenvalue weighted by atomic mass is 10.0. The van der Waals surface area contributed by atoms with Crippen LogP contribution < -0.4 is 11.5 Å². The first-order valence-electron chi connectivity index (χ1n) is 16.2. The van der Waals surface area contributed by atoms with Crippen LogP contribution in [0.5, 0.6) is 0 Å². The molecule has 0 unspecified atom stereocenters. The Morgan fingerprint density at radius 1 is 0.400 bits per heavy atom. The Morgan fingerprint density at radius 3 is 1.20 bits per heavy atom. The van der Waals surface area contributed by atoms with Crippen LogP contribution in [0.15, 0.2) is 122 Å². The van der Waals surface area contributed by atoms with E-state index in [0.717, 1.165) is 87.7 Å². The van der Waals surface area contributed by atoms with Crippen LogP contribution in [-0.4, -0.2) is 24.9 Å². The molecule has 2 aromatic carbocycles. The summed E-state index contributed by atoms with van der Waals surface area (Å²) in [5.41, 5.74) is 27.1. The van der Waals surface area contributed by atoms with Gasteiger partial charge in [0, 0.05) is 78.8 Å². The summed E-state index contributed by atoms with van der Waals surface area (Å²) in [6, 6.07) is 32.6. The van der Waals surface area contributed by atoms with Gasteiger partial charge < -0.3 is 16.5 Å². The van der Waals surface area contributed by atoms with E-state index >= 15 is 0 Å². The molecule has 238 valence electrons. The number of pyridine rings is 2. The van der Waals surface area contributed by atoms with Gasteiger partial charge in [0.15, 0.2) is 0 Å². The zero-order valence-corrected chi connectivity index (χ0v) is 27.5. The van der Waals surface area contributed by atoms with E-state index in [1.54, 1.807) is 11.3 Å². The summed E-state index contributed by atoms with van der Waals surface area (Å²) in [5.74, 6) is 0. The Kier molecular flexibility index (Phi) is 7.14. The largest absolute Gasteiger partial charge is 0.399 e. The molecule has 5 aromatic heterocycles. The van der Waals surface area contributed by atoms with E-state index in [4.69, 9.17) is 21.4 Å². The maximum absolute atomic E-state index is 6.15. The van der Waals surface area contributed by atoms with Crippen molar-refractivity contribution in [2.75, 3.05) is 11.5 Å². The van der Waals surface area contributed by atoms with Gasteiger partial charge in [0.25, 0.3) is 0 Å². The zero-order valence-electron chi connectivity index (χ0n) is 26.7. The molecular weight excluding hydrogens is 635 g/mol. The third-order valence-electron chi connectivity index (χ3n) is 8.96. The van der Waals surface area contributed by atoms with Crippen molar-refractivity contribution in [1.29, 1.82) is 0 Å². The molecule has 0 amide bonds. The standard InChI is InChI=1S/C42H29N7S/c43-29-5-1-25(2-6-29)39-31-9-10-33(47-31)40(27-17-21-45-22-18-27)34-12-14-36(49-34)42(28-19-23-46-24-20-28)38-16-15-37(50-38)41(35-13-11-32(39)48-35)26-3-7-30(44)8-4-26/h1-24,47H,43-44H2. The normalized spacial score (nSPS) is 12.0. The number of aromatic nitrogens is 5. The summed E-state index contributed by atoms with van der Waals surface area (Å²) in [6.07, 6.45) is 15.7. The van der Waals surface area contributed by atoms with Gasteiger partial charge in [-0.25, -0.2) is 9.97 Å². The molecule has 7 nitrogen and oxygen atoms in total. The topological polar surface area (TPSA) is 119 Å². The number of rotatable bonds is 4. The van der Waals surface area contributed by atoms with Crippen molar-refractivity contribution in [2.45, 2.75) is 0 Å². The van der Waals surface area contributed by atoms with E-state index < -0.39 is 0 Å². The molecule has 0 atom stereocenters. The second kappa shape index (κ2) is 12.1. The molecular formula is C42H29N7S. The first-order valence-corrected chi connectivity index (χ1v) is 17.0. The summed E-state index contributed by atoms with van der Waals surface area (Å²) in [4.78, 5) is 23.0. The molecule has 7 aromatic rings. The van der Waals surface area contributed by atoms with E-state index in [1.165, 1.54) is 0 Å². The number of benzene rings is 2. The van der Waals surface area contributed by atoms with Crippen molar-refractivity contribution in [3.05, 3.63) is 145 Å². The molecule has 8 bridgehead atoms. The molecule has 2 aliphatic rings. The van der Waals surface area contributed by atoms with Crippen molar-refractivity contribution < 1.29 is 0 Å². The van der Waals surface area contributed by atoms with Crippen LogP contribution in [0.3, 0.4) is 0 Å². The number of H-pyrrole nitrogens is 1. The second-order valence-corrected chi connectivity index (χ2v) is 13.2. The Bertz CT molecular complexity index is 2460. The summed E-state index contributed by atoms with van der Waals surface area (Å²) in [5, 5.41) is 0. The highest BCUT2D eigenvalue weighted by atomic mass is 32.1. The Balaban J connectivity index is 1.48. The maximum Gasteiger partial charge on any atom is 0.0737 e. The second-order valence-electron chi connectivity index (χ2n) is 12.1. The van der Waals surface area contributed by atoms with Crippen LogP contribution in [-0.2, 0) is 0 Å². The lowest BCUT2D eigenvalue weighted by molar-refractivity contribution is 1.30. The zero-order chi connectivity index (χ0) is 33.6. The smallest absolute Gasteiger partial charge is 0.0737 e. The maximum atomic E-state index is 6.15. The summed E-state index contributed by atoms with van der Waals surface area (Å²) in [6.45, 7) is 0. The van der Waals surface area contributed by atoms with E-state index in [-0.39, 0.29) is 0 Å². The van der Waals surface area contributed by atoms with Gasteiger partial charge in [0.05, 0.1) is 22.8 Å². The highest BCUT2D eigenvalue weighted by Gasteiger charge is 2.19.